The maximum Gasteiger partial charge on any atom is 0.435 e. The van der Waals surface area contributed by atoms with E-state index >= 15 is 0 Å². The SMILES string of the molecule is Nn1cnc2c(C(F)(F)F)ncnc21. The van der Waals surface area contributed by atoms with Gasteiger partial charge in [-0.05, 0) is 0 Å². The van der Waals surface area contributed by atoms with Crippen LogP contribution in [0.3, 0.4) is 0 Å². The van der Waals surface area contributed by atoms with Crippen molar-refractivity contribution in [3.05, 3.63) is 18.3 Å². The van der Waals surface area contributed by atoms with E-state index in [9.17, 15) is 13.2 Å². The van der Waals surface area contributed by atoms with Gasteiger partial charge in [-0.1, -0.05) is 0 Å². The van der Waals surface area contributed by atoms with Gasteiger partial charge >= 0.3 is 6.18 Å². The lowest BCUT2D eigenvalue weighted by molar-refractivity contribution is -0.140. The van der Waals surface area contributed by atoms with Gasteiger partial charge in [-0.3, -0.25) is 0 Å². The molecule has 0 amide bonds. The molecule has 0 saturated carbocycles. The Kier molecular flexibility index (Phi) is 1.60. The van der Waals surface area contributed by atoms with E-state index in [4.69, 9.17) is 5.84 Å². The summed E-state index contributed by atoms with van der Waals surface area (Å²) in [6, 6.07) is 0. The summed E-state index contributed by atoms with van der Waals surface area (Å²) in [5.74, 6) is 5.28. The molecular formula is C6H4F3N5. The van der Waals surface area contributed by atoms with Crippen LogP contribution in [-0.2, 0) is 6.18 Å². The van der Waals surface area contributed by atoms with Gasteiger partial charge in [0.2, 0.25) is 0 Å². The van der Waals surface area contributed by atoms with Crippen LogP contribution in [0.25, 0.3) is 11.2 Å². The first-order valence-electron chi connectivity index (χ1n) is 3.50. The van der Waals surface area contributed by atoms with Crippen LogP contribution in [0.4, 0.5) is 13.2 Å². The third-order valence-corrected chi connectivity index (χ3v) is 1.63. The number of hydrogen-bond donors (Lipinski definition) is 1. The third kappa shape index (κ3) is 1.15. The minimum Gasteiger partial charge on any atom is -0.336 e. The second-order valence-electron chi connectivity index (χ2n) is 2.54. The van der Waals surface area contributed by atoms with E-state index < -0.39 is 11.9 Å². The van der Waals surface area contributed by atoms with Crippen LogP contribution in [-0.4, -0.2) is 19.6 Å². The Labute approximate surface area is 75.4 Å². The lowest BCUT2D eigenvalue weighted by Gasteiger charge is -2.04. The number of halogens is 3. The predicted octanol–water partition coefficient (Wildman–Crippen LogP) is 0.559. The van der Waals surface area contributed by atoms with E-state index in [2.05, 4.69) is 15.0 Å². The Morgan fingerprint density at radius 2 is 1.93 bits per heavy atom. The Balaban J connectivity index is 2.79. The van der Waals surface area contributed by atoms with E-state index in [1.54, 1.807) is 0 Å². The van der Waals surface area contributed by atoms with Crippen molar-refractivity contribution in [1.82, 2.24) is 19.6 Å². The lowest BCUT2D eigenvalue weighted by atomic mass is 10.3. The molecule has 74 valence electrons. The van der Waals surface area contributed by atoms with Crippen molar-refractivity contribution in [2.24, 2.45) is 0 Å². The van der Waals surface area contributed by atoms with Crippen molar-refractivity contribution < 1.29 is 13.2 Å². The van der Waals surface area contributed by atoms with Crippen LogP contribution in [0.15, 0.2) is 12.7 Å². The number of fused-ring (bicyclic) bond motifs is 1. The van der Waals surface area contributed by atoms with Crippen LogP contribution in [0.1, 0.15) is 5.69 Å². The summed E-state index contributed by atoms with van der Waals surface area (Å²) in [5, 5.41) is 0. The first-order chi connectivity index (χ1) is 6.50. The fraction of sp³-hybridized carbons (Fsp3) is 0.167. The fourth-order valence-electron chi connectivity index (χ4n) is 1.06. The molecule has 0 atom stereocenters. The van der Waals surface area contributed by atoms with Gasteiger partial charge in [0.25, 0.3) is 0 Å². The molecule has 0 aliphatic heterocycles. The number of rotatable bonds is 0. The van der Waals surface area contributed by atoms with Gasteiger partial charge in [0.05, 0.1) is 0 Å². The van der Waals surface area contributed by atoms with Gasteiger partial charge in [0.1, 0.15) is 18.2 Å². The van der Waals surface area contributed by atoms with E-state index in [0.29, 0.717) is 0 Å². The second kappa shape index (κ2) is 2.56. The number of aromatic nitrogens is 4. The molecule has 2 N–H and O–H groups in total. The highest BCUT2D eigenvalue weighted by atomic mass is 19.4. The molecule has 5 nitrogen and oxygen atoms in total. The molecule has 0 aromatic carbocycles. The van der Waals surface area contributed by atoms with Crippen LogP contribution < -0.4 is 5.84 Å². The van der Waals surface area contributed by atoms with E-state index in [-0.39, 0.29) is 11.2 Å². The van der Waals surface area contributed by atoms with E-state index in [0.717, 1.165) is 17.3 Å². The molecule has 0 aliphatic carbocycles. The zero-order chi connectivity index (χ0) is 10.3. The molecular weight excluding hydrogens is 199 g/mol. The highest BCUT2D eigenvalue weighted by Crippen LogP contribution is 2.30. The number of nitrogens with two attached hydrogens (primary N) is 1. The molecule has 2 rings (SSSR count). The molecule has 0 radical (unpaired) electrons. The molecule has 8 heteroatoms. The van der Waals surface area contributed by atoms with Crippen molar-refractivity contribution in [2.45, 2.75) is 6.18 Å². The van der Waals surface area contributed by atoms with Gasteiger partial charge in [-0.25, -0.2) is 19.6 Å². The van der Waals surface area contributed by atoms with Gasteiger partial charge < -0.3 is 5.84 Å². The second-order valence-corrected chi connectivity index (χ2v) is 2.54. The number of nitrogen functional groups attached to an aromatic ring is 1. The maximum atomic E-state index is 12.3. The highest BCUT2D eigenvalue weighted by Gasteiger charge is 2.36. The molecule has 2 heterocycles. The molecule has 14 heavy (non-hydrogen) atoms. The summed E-state index contributed by atoms with van der Waals surface area (Å²) in [6.07, 6.45) is -2.69. The largest absolute Gasteiger partial charge is 0.435 e. The zero-order valence-electron chi connectivity index (χ0n) is 6.65. The molecule has 0 spiro atoms. The molecule has 0 aliphatic rings. The summed E-state index contributed by atoms with van der Waals surface area (Å²) < 4.78 is 37.9. The lowest BCUT2D eigenvalue weighted by Crippen LogP contribution is -2.11. The van der Waals surface area contributed by atoms with Gasteiger partial charge in [0.15, 0.2) is 11.3 Å². The van der Waals surface area contributed by atoms with Crippen molar-refractivity contribution in [3.8, 4) is 0 Å². The number of imidazole rings is 1. The van der Waals surface area contributed by atoms with Crippen LogP contribution in [0, 0.1) is 0 Å². The molecule has 0 bridgehead atoms. The summed E-state index contributed by atoms with van der Waals surface area (Å²) in [7, 11) is 0. The van der Waals surface area contributed by atoms with Gasteiger partial charge in [-0.15, -0.1) is 0 Å². The predicted molar refractivity (Wildman–Crippen MR) is 40.5 cm³/mol. The van der Waals surface area contributed by atoms with Crippen molar-refractivity contribution >= 4 is 11.2 Å². The summed E-state index contributed by atoms with van der Waals surface area (Å²) in [5.41, 5.74) is -1.47. The number of nitrogens with zero attached hydrogens (tertiary/aromatic N) is 4. The quantitative estimate of drug-likeness (QED) is 0.635. The topological polar surface area (TPSA) is 69.6 Å². The van der Waals surface area contributed by atoms with Crippen LogP contribution >= 0.6 is 0 Å². The minimum absolute atomic E-state index is 0.0488. The average molecular weight is 203 g/mol. The Hall–Kier alpha value is -1.86. The van der Waals surface area contributed by atoms with Gasteiger partial charge in [0, 0.05) is 0 Å². The molecule has 2 aromatic rings. The summed E-state index contributed by atoms with van der Waals surface area (Å²) in [4.78, 5) is 10.2. The minimum atomic E-state index is -4.55. The van der Waals surface area contributed by atoms with Crippen LogP contribution in [0.2, 0.25) is 0 Å². The molecule has 0 unspecified atom stereocenters. The third-order valence-electron chi connectivity index (χ3n) is 1.63. The normalized spacial score (nSPS) is 12.2. The summed E-state index contributed by atoms with van der Waals surface area (Å²) in [6.45, 7) is 0. The monoisotopic (exact) mass is 203 g/mol. The van der Waals surface area contributed by atoms with Gasteiger partial charge in [-0.2, -0.15) is 13.2 Å². The first-order valence-corrected chi connectivity index (χ1v) is 3.50. The molecule has 2 aromatic heterocycles. The average Bonchev–Trinajstić information content (AvgIpc) is 2.46. The summed E-state index contributed by atoms with van der Waals surface area (Å²) >= 11 is 0. The zero-order valence-corrected chi connectivity index (χ0v) is 6.65. The highest BCUT2D eigenvalue weighted by molar-refractivity contribution is 5.73. The van der Waals surface area contributed by atoms with Crippen molar-refractivity contribution in [2.75, 3.05) is 5.84 Å². The van der Waals surface area contributed by atoms with E-state index in [1.165, 1.54) is 0 Å². The first kappa shape index (κ1) is 8.73. The maximum absolute atomic E-state index is 12.3. The van der Waals surface area contributed by atoms with E-state index in [1.807, 2.05) is 0 Å². The fourth-order valence-corrected chi connectivity index (χ4v) is 1.06. The number of alkyl halides is 3. The molecule has 0 fully saturated rings. The Morgan fingerprint density at radius 1 is 1.21 bits per heavy atom. The smallest absolute Gasteiger partial charge is 0.336 e. The van der Waals surface area contributed by atoms with Crippen molar-refractivity contribution in [1.29, 1.82) is 0 Å². The Bertz CT molecular complexity index is 474. The number of hydrogen-bond acceptors (Lipinski definition) is 4. The molecule has 0 saturated heterocycles. The Morgan fingerprint density at radius 3 is 2.57 bits per heavy atom. The van der Waals surface area contributed by atoms with Crippen LogP contribution in [0.5, 0.6) is 0 Å². The standard InChI is InChI=1S/C6H4F3N5/c7-6(8,9)4-3-5(12-1-11-4)14(10)2-13-3/h1-2H,10H2. The van der Waals surface area contributed by atoms with Crippen molar-refractivity contribution in [3.63, 3.8) is 0 Å².